The maximum absolute atomic E-state index is 12.4. The molecule has 10 heteroatoms. The van der Waals surface area contributed by atoms with E-state index in [1.54, 1.807) is 22.7 Å². The third-order valence-corrected chi connectivity index (χ3v) is 5.29. The highest BCUT2D eigenvalue weighted by molar-refractivity contribution is 6.08. The number of hydrogen-bond donors (Lipinski definition) is 4. The standard InChI is InChI=1S/C19H21N5O5/c1-10(25)18(27)20-12-3-2-4-13-16(12)17-21-15(26)9-14(24(17)22-13)11-5-7-23(8-6-11)19(28)29/h2-4,9-11,25H,5-8H2,1H3,(H,20,27)(H,21,26)(H,28,29). The molecular formula is C19H21N5O5. The first-order valence-electron chi connectivity index (χ1n) is 9.36. The van der Waals surface area contributed by atoms with Crippen LogP contribution in [0, 0.1) is 0 Å². The van der Waals surface area contributed by atoms with Gasteiger partial charge < -0.3 is 25.4 Å². The maximum atomic E-state index is 12.4. The number of aromatic nitrogens is 3. The van der Waals surface area contributed by atoms with E-state index in [0.29, 0.717) is 53.9 Å². The Morgan fingerprint density at radius 2 is 2.03 bits per heavy atom. The summed E-state index contributed by atoms with van der Waals surface area (Å²) in [6, 6.07) is 6.68. The Kier molecular flexibility index (Phi) is 4.71. The van der Waals surface area contributed by atoms with Crippen LogP contribution in [0.5, 0.6) is 0 Å². The van der Waals surface area contributed by atoms with E-state index in [4.69, 9.17) is 5.11 Å². The van der Waals surface area contributed by atoms with Gasteiger partial charge in [0, 0.05) is 25.1 Å². The van der Waals surface area contributed by atoms with Crippen LogP contribution in [0.25, 0.3) is 16.6 Å². The zero-order chi connectivity index (χ0) is 20.7. The van der Waals surface area contributed by atoms with Crippen LogP contribution in [0.4, 0.5) is 10.5 Å². The van der Waals surface area contributed by atoms with Crippen LogP contribution in [0.1, 0.15) is 31.4 Å². The van der Waals surface area contributed by atoms with Gasteiger partial charge in [0.2, 0.25) is 0 Å². The zero-order valence-corrected chi connectivity index (χ0v) is 15.8. The van der Waals surface area contributed by atoms with E-state index >= 15 is 0 Å². The molecule has 1 fully saturated rings. The Bertz CT molecular complexity index is 1160. The predicted octanol–water partition coefficient (Wildman–Crippen LogP) is 1.35. The number of hydrogen-bond acceptors (Lipinski definition) is 5. The molecule has 1 aromatic carbocycles. The minimum Gasteiger partial charge on any atom is -0.465 e. The molecule has 3 aromatic rings. The number of H-pyrrole nitrogens is 1. The molecular weight excluding hydrogens is 378 g/mol. The van der Waals surface area contributed by atoms with Crippen LogP contribution in [0.15, 0.2) is 29.1 Å². The molecule has 2 amide bonds. The van der Waals surface area contributed by atoms with Gasteiger partial charge in [-0.25, -0.2) is 9.31 Å². The van der Waals surface area contributed by atoms with E-state index in [1.165, 1.54) is 17.9 Å². The number of aliphatic hydroxyl groups excluding tert-OH is 1. The van der Waals surface area contributed by atoms with Crippen LogP contribution in [0.2, 0.25) is 0 Å². The number of rotatable bonds is 3. The largest absolute Gasteiger partial charge is 0.465 e. The van der Waals surface area contributed by atoms with Gasteiger partial charge in [0.05, 0.1) is 22.3 Å². The average molecular weight is 399 g/mol. The number of aliphatic hydroxyl groups is 1. The summed E-state index contributed by atoms with van der Waals surface area (Å²) in [5.74, 6) is -0.573. The Morgan fingerprint density at radius 1 is 1.31 bits per heavy atom. The van der Waals surface area contributed by atoms with E-state index < -0.39 is 18.1 Å². The average Bonchev–Trinajstić information content (AvgIpc) is 3.06. The molecule has 0 saturated carbocycles. The molecule has 1 aliphatic heterocycles. The zero-order valence-electron chi connectivity index (χ0n) is 15.8. The summed E-state index contributed by atoms with van der Waals surface area (Å²) in [7, 11) is 0. The van der Waals surface area contributed by atoms with Crippen molar-refractivity contribution in [2.24, 2.45) is 0 Å². The fraction of sp³-hybridized carbons (Fsp3) is 0.368. The number of carbonyl (C=O) groups excluding carboxylic acids is 1. The number of nitrogens with zero attached hydrogens (tertiary/aromatic N) is 3. The van der Waals surface area contributed by atoms with Crippen LogP contribution in [-0.4, -0.2) is 60.9 Å². The summed E-state index contributed by atoms with van der Waals surface area (Å²) < 4.78 is 1.66. The number of aromatic amines is 1. The van der Waals surface area contributed by atoms with Crippen LogP contribution in [0.3, 0.4) is 0 Å². The number of piperidine rings is 1. The lowest BCUT2D eigenvalue weighted by Gasteiger charge is -2.30. The molecule has 4 rings (SSSR count). The molecule has 152 valence electrons. The lowest BCUT2D eigenvalue weighted by atomic mass is 9.93. The maximum Gasteiger partial charge on any atom is 0.407 e. The van der Waals surface area contributed by atoms with Crippen molar-refractivity contribution >= 4 is 34.2 Å². The molecule has 0 aliphatic carbocycles. The van der Waals surface area contributed by atoms with Crippen LogP contribution < -0.4 is 10.9 Å². The van der Waals surface area contributed by atoms with E-state index in [0.717, 1.165) is 0 Å². The van der Waals surface area contributed by atoms with E-state index in [9.17, 15) is 19.5 Å². The second-order valence-corrected chi connectivity index (χ2v) is 7.23. The molecule has 1 atom stereocenters. The number of fused-ring (bicyclic) bond motifs is 3. The molecule has 0 spiro atoms. The van der Waals surface area contributed by atoms with Gasteiger partial charge in [0.15, 0.2) is 0 Å². The van der Waals surface area contributed by atoms with Crippen LogP contribution >= 0.6 is 0 Å². The molecule has 1 saturated heterocycles. The highest BCUT2D eigenvalue weighted by atomic mass is 16.4. The predicted molar refractivity (Wildman–Crippen MR) is 105 cm³/mol. The van der Waals surface area contributed by atoms with Crippen molar-refractivity contribution in [2.45, 2.75) is 31.8 Å². The summed E-state index contributed by atoms with van der Waals surface area (Å²) in [6.07, 6.45) is -0.941. The molecule has 4 N–H and O–H groups in total. The van der Waals surface area contributed by atoms with Crippen molar-refractivity contribution < 1.29 is 19.8 Å². The summed E-state index contributed by atoms with van der Waals surface area (Å²) in [5.41, 5.74) is 1.88. The number of benzene rings is 1. The van der Waals surface area contributed by atoms with Crippen molar-refractivity contribution in [1.82, 2.24) is 19.5 Å². The van der Waals surface area contributed by atoms with Gasteiger partial charge >= 0.3 is 6.09 Å². The summed E-state index contributed by atoms with van der Waals surface area (Å²) in [6.45, 7) is 2.16. The highest BCUT2D eigenvalue weighted by Gasteiger charge is 2.26. The number of nitrogens with one attached hydrogen (secondary N) is 2. The second kappa shape index (κ2) is 7.21. The van der Waals surface area contributed by atoms with Crippen molar-refractivity contribution in [1.29, 1.82) is 0 Å². The van der Waals surface area contributed by atoms with Crippen LogP contribution in [-0.2, 0) is 4.79 Å². The summed E-state index contributed by atoms with van der Waals surface area (Å²) >= 11 is 0. The summed E-state index contributed by atoms with van der Waals surface area (Å²) in [5, 5.41) is 26.5. The van der Waals surface area contributed by atoms with Crippen molar-refractivity contribution in [3.63, 3.8) is 0 Å². The Balaban J connectivity index is 1.81. The van der Waals surface area contributed by atoms with Gasteiger partial charge in [0.1, 0.15) is 11.8 Å². The molecule has 2 aromatic heterocycles. The third kappa shape index (κ3) is 3.42. The Hall–Kier alpha value is -3.40. The van der Waals surface area contributed by atoms with Gasteiger partial charge in [-0.05, 0) is 31.9 Å². The fourth-order valence-corrected chi connectivity index (χ4v) is 3.79. The second-order valence-electron chi connectivity index (χ2n) is 7.23. The minimum atomic E-state index is -1.18. The Labute approximate surface area is 164 Å². The van der Waals surface area contributed by atoms with E-state index in [1.807, 2.05) is 0 Å². The third-order valence-electron chi connectivity index (χ3n) is 5.29. The normalized spacial score (nSPS) is 16.3. The summed E-state index contributed by atoms with van der Waals surface area (Å²) in [4.78, 5) is 39.7. The number of likely N-dealkylation sites (tertiary alicyclic amines) is 1. The molecule has 1 aliphatic rings. The van der Waals surface area contributed by atoms with Gasteiger partial charge in [-0.1, -0.05) is 6.07 Å². The molecule has 29 heavy (non-hydrogen) atoms. The molecule has 3 heterocycles. The van der Waals surface area contributed by atoms with Gasteiger partial charge in [-0.15, -0.1) is 0 Å². The van der Waals surface area contributed by atoms with E-state index in [-0.39, 0.29) is 11.5 Å². The molecule has 10 nitrogen and oxygen atoms in total. The first kappa shape index (κ1) is 18.9. The lowest BCUT2D eigenvalue weighted by molar-refractivity contribution is -0.123. The lowest BCUT2D eigenvalue weighted by Crippen LogP contribution is -2.37. The molecule has 0 bridgehead atoms. The number of amides is 2. The number of carbonyl (C=O) groups is 2. The smallest absolute Gasteiger partial charge is 0.407 e. The quantitative estimate of drug-likeness (QED) is 0.524. The molecule has 0 radical (unpaired) electrons. The first-order chi connectivity index (χ1) is 13.8. The monoisotopic (exact) mass is 399 g/mol. The SMILES string of the molecule is CC(O)C(=O)Nc1cccc2nn3c(C4CCN(C(=O)O)CC4)cc(=O)[nH]c3c12. The van der Waals surface area contributed by atoms with Gasteiger partial charge in [0.25, 0.3) is 11.5 Å². The fourth-order valence-electron chi connectivity index (χ4n) is 3.79. The van der Waals surface area contributed by atoms with E-state index in [2.05, 4.69) is 15.4 Å². The van der Waals surface area contributed by atoms with Crippen molar-refractivity contribution in [2.75, 3.05) is 18.4 Å². The minimum absolute atomic E-state index is 0.0137. The topological polar surface area (TPSA) is 140 Å². The number of carboxylic acid groups (broad SMARTS) is 1. The van der Waals surface area contributed by atoms with Crippen molar-refractivity contribution in [3.05, 3.63) is 40.3 Å². The first-order valence-corrected chi connectivity index (χ1v) is 9.36. The van der Waals surface area contributed by atoms with Gasteiger partial charge in [-0.2, -0.15) is 5.10 Å². The highest BCUT2D eigenvalue weighted by Crippen LogP contribution is 2.31. The number of anilines is 1. The van der Waals surface area contributed by atoms with Gasteiger partial charge in [-0.3, -0.25) is 9.59 Å². The molecule has 1 unspecified atom stereocenters. The van der Waals surface area contributed by atoms with Crippen molar-refractivity contribution in [3.8, 4) is 0 Å². The Morgan fingerprint density at radius 3 is 2.69 bits per heavy atom.